The second-order valence-electron chi connectivity index (χ2n) is 4.76. The van der Waals surface area contributed by atoms with Crippen molar-refractivity contribution < 1.29 is 0 Å². The Labute approximate surface area is 122 Å². The minimum absolute atomic E-state index is 0.0510. The zero-order valence-electron chi connectivity index (χ0n) is 11.8. The van der Waals surface area contributed by atoms with E-state index in [1.807, 2.05) is 48.0 Å². The largest absolute Gasteiger partial charge is 0.370 e. The molecule has 1 N–H and O–H groups in total. The molecule has 106 valence electrons. The summed E-state index contributed by atoms with van der Waals surface area (Å²) in [7, 11) is 0. The van der Waals surface area contributed by atoms with Crippen LogP contribution in [-0.4, -0.2) is 21.3 Å². The van der Waals surface area contributed by atoms with Gasteiger partial charge in [0, 0.05) is 18.1 Å². The van der Waals surface area contributed by atoms with Gasteiger partial charge in [-0.1, -0.05) is 12.1 Å². The highest BCUT2D eigenvalue weighted by atomic mass is 16.1. The number of para-hydroxylation sites is 1. The van der Waals surface area contributed by atoms with Crippen LogP contribution in [0.25, 0.3) is 10.9 Å². The van der Waals surface area contributed by atoms with Gasteiger partial charge in [0.1, 0.15) is 5.82 Å². The Bertz CT molecular complexity index is 826. The Morgan fingerprint density at radius 3 is 2.95 bits per heavy atom. The van der Waals surface area contributed by atoms with Crippen molar-refractivity contribution >= 4 is 16.7 Å². The first-order chi connectivity index (χ1) is 10.3. The molecule has 0 amide bonds. The van der Waals surface area contributed by atoms with Gasteiger partial charge in [0.05, 0.1) is 18.3 Å². The molecule has 1 aromatic carbocycles. The molecule has 0 unspecified atom stereocenters. The third kappa shape index (κ3) is 2.76. The fraction of sp³-hybridized carbons (Fsp3) is 0.188. The monoisotopic (exact) mass is 280 g/mol. The molecule has 0 spiro atoms. The van der Waals surface area contributed by atoms with Crippen molar-refractivity contribution in [2.45, 2.75) is 13.5 Å². The zero-order valence-corrected chi connectivity index (χ0v) is 11.8. The average molecular weight is 280 g/mol. The molecule has 0 saturated carbocycles. The topological polar surface area (TPSA) is 59.8 Å². The molecule has 3 aromatic rings. The van der Waals surface area contributed by atoms with Crippen LogP contribution < -0.4 is 10.7 Å². The molecule has 0 fully saturated rings. The van der Waals surface area contributed by atoms with Crippen LogP contribution in [0.2, 0.25) is 0 Å². The lowest BCUT2D eigenvalue weighted by Crippen LogP contribution is -2.13. The highest BCUT2D eigenvalue weighted by Gasteiger charge is 2.04. The van der Waals surface area contributed by atoms with Crippen molar-refractivity contribution in [3.05, 3.63) is 64.6 Å². The Morgan fingerprint density at radius 1 is 1.24 bits per heavy atom. The van der Waals surface area contributed by atoms with Crippen molar-refractivity contribution in [3.8, 4) is 0 Å². The number of nitrogens with zero attached hydrogens (tertiary/aromatic N) is 3. The SMILES string of the molecule is CCNc1cc(Cn2ncc(=O)c3ccccc32)ccn1. The maximum Gasteiger partial charge on any atom is 0.207 e. The lowest BCUT2D eigenvalue weighted by molar-refractivity contribution is 0.694. The number of anilines is 1. The molecule has 5 heteroatoms. The first-order valence-electron chi connectivity index (χ1n) is 6.91. The van der Waals surface area contributed by atoms with Gasteiger partial charge in [-0.05, 0) is 36.8 Å². The van der Waals surface area contributed by atoms with Crippen molar-refractivity contribution in [1.82, 2.24) is 14.8 Å². The van der Waals surface area contributed by atoms with Crippen LogP contribution in [0.3, 0.4) is 0 Å². The summed E-state index contributed by atoms with van der Waals surface area (Å²) in [5.74, 6) is 0.848. The summed E-state index contributed by atoms with van der Waals surface area (Å²) in [6.45, 7) is 3.46. The van der Waals surface area contributed by atoms with Gasteiger partial charge < -0.3 is 5.32 Å². The predicted molar refractivity (Wildman–Crippen MR) is 83.5 cm³/mol. The summed E-state index contributed by atoms with van der Waals surface area (Å²) in [4.78, 5) is 16.1. The van der Waals surface area contributed by atoms with E-state index in [4.69, 9.17) is 0 Å². The molecular weight excluding hydrogens is 264 g/mol. The Morgan fingerprint density at radius 2 is 2.10 bits per heavy atom. The van der Waals surface area contributed by atoms with Crippen molar-refractivity contribution in [2.75, 3.05) is 11.9 Å². The van der Waals surface area contributed by atoms with Gasteiger partial charge >= 0.3 is 0 Å². The zero-order chi connectivity index (χ0) is 14.7. The number of fused-ring (bicyclic) bond motifs is 1. The molecule has 0 aliphatic heterocycles. The Hall–Kier alpha value is -2.69. The Balaban J connectivity index is 2.00. The summed E-state index contributed by atoms with van der Waals surface area (Å²) in [5.41, 5.74) is 1.87. The lowest BCUT2D eigenvalue weighted by atomic mass is 10.2. The van der Waals surface area contributed by atoms with Crippen LogP contribution in [0, 0.1) is 0 Å². The summed E-state index contributed by atoms with van der Waals surface area (Å²) in [6, 6.07) is 11.5. The van der Waals surface area contributed by atoms with Crippen LogP contribution in [0.15, 0.2) is 53.6 Å². The minimum Gasteiger partial charge on any atom is -0.370 e. The quantitative estimate of drug-likeness (QED) is 0.796. The van der Waals surface area contributed by atoms with Crippen LogP contribution in [0.4, 0.5) is 5.82 Å². The standard InChI is InChI=1S/C16H16N4O/c1-2-17-16-9-12(7-8-18-16)11-20-14-6-4-3-5-13(14)15(21)10-19-20/h3-10H,2,11H2,1H3,(H,17,18). The van der Waals surface area contributed by atoms with Crippen LogP contribution >= 0.6 is 0 Å². The van der Waals surface area contributed by atoms with Gasteiger partial charge in [0.25, 0.3) is 0 Å². The highest BCUT2D eigenvalue weighted by molar-refractivity contribution is 5.78. The molecule has 5 nitrogen and oxygen atoms in total. The van der Waals surface area contributed by atoms with Gasteiger partial charge in [0.2, 0.25) is 5.43 Å². The van der Waals surface area contributed by atoms with Crippen molar-refractivity contribution in [2.24, 2.45) is 0 Å². The number of benzene rings is 1. The average Bonchev–Trinajstić information content (AvgIpc) is 2.51. The summed E-state index contributed by atoms with van der Waals surface area (Å²) < 4.78 is 1.84. The molecular formula is C16H16N4O. The van der Waals surface area contributed by atoms with Crippen LogP contribution in [-0.2, 0) is 6.54 Å². The van der Waals surface area contributed by atoms with E-state index in [1.165, 1.54) is 6.20 Å². The molecule has 21 heavy (non-hydrogen) atoms. The van der Waals surface area contributed by atoms with Crippen LogP contribution in [0.5, 0.6) is 0 Å². The number of nitrogens with one attached hydrogen (secondary N) is 1. The molecule has 0 aliphatic carbocycles. The van der Waals surface area contributed by atoms with Crippen molar-refractivity contribution in [1.29, 1.82) is 0 Å². The van der Waals surface area contributed by atoms with E-state index in [0.717, 1.165) is 23.4 Å². The van der Waals surface area contributed by atoms with E-state index in [0.29, 0.717) is 11.9 Å². The Kier molecular flexibility index (Phi) is 3.64. The normalized spacial score (nSPS) is 10.7. The number of hydrogen-bond acceptors (Lipinski definition) is 4. The van der Waals surface area contributed by atoms with Gasteiger partial charge in [-0.3, -0.25) is 9.48 Å². The van der Waals surface area contributed by atoms with Gasteiger partial charge in [-0.25, -0.2) is 4.98 Å². The predicted octanol–water partition coefficient (Wildman–Crippen LogP) is 2.27. The molecule has 3 rings (SSSR count). The first-order valence-corrected chi connectivity index (χ1v) is 6.91. The first kappa shape index (κ1) is 13.3. The second kappa shape index (κ2) is 5.75. The molecule has 0 atom stereocenters. The number of aromatic nitrogens is 3. The maximum atomic E-state index is 11.8. The molecule has 0 radical (unpaired) electrons. The van der Waals surface area contributed by atoms with Crippen molar-refractivity contribution in [3.63, 3.8) is 0 Å². The van der Waals surface area contributed by atoms with E-state index in [1.54, 1.807) is 6.20 Å². The van der Waals surface area contributed by atoms with E-state index in [2.05, 4.69) is 15.4 Å². The maximum absolute atomic E-state index is 11.8. The van der Waals surface area contributed by atoms with E-state index >= 15 is 0 Å². The second-order valence-corrected chi connectivity index (χ2v) is 4.76. The minimum atomic E-state index is -0.0510. The van der Waals surface area contributed by atoms with Gasteiger partial charge in [-0.15, -0.1) is 0 Å². The summed E-state index contributed by atoms with van der Waals surface area (Å²) in [5, 5.41) is 8.12. The molecule has 0 saturated heterocycles. The lowest BCUT2D eigenvalue weighted by Gasteiger charge is -2.10. The third-order valence-corrected chi connectivity index (χ3v) is 3.28. The fourth-order valence-corrected chi connectivity index (χ4v) is 2.31. The fourth-order valence-electron chi connectivity index (χ4n) is 2.31. The summed E-state index contributed by atoms with van der Waals surface area (Å²) in [6.07, 6.45) is 3.15. The number of pyridine rings is 1. The highest BCUT2D eigenvalue weighted by Crippen LogP contribution is 2.12. The van der Waals surface area contributed by atoms with E-state index in [-0.39, 0.29) is 5.43 Å². The molecule has 0 aliphatic rings. The van der Waals surface area contributed by atoms with E-state index in [9.17, 15) is 4.79 Å². The molecule has 2 heterocycles. The molecule has 2 aromatic heterocycles. The smallest absolute Gasteiger partial charge is 0.207 e. The summed E-state index contributed by atoms with van der Waals surface area (Å²) >= 11 is 0. The van der Waals surface area contributed by atoms with Gasteiger partial charge in [0.15, 0.2) is 0 Å². The van der Waals surface area contributed by atoms with E-state index < -0.39 is 0 Å². The van der Waals surface area contributed by atoms with Gasteiger partial charge in [-0.2, -0.15) is 5.10 Å². The number of hydrogen-bond donors (Lipinski definition) is 1. The van der Waals surface area contributed by atoms with Crippen LogP contribution in [0.1, 0.15) is 12.5 Å². The molecule has 0 bridgehead atoms. The third-order valence-electron chi connectivity index (χ3n) is 3.28. The number of rotatable bonds is 4.